The lowest BCUT2D eigenvalue weighted by atomic mass is 10.3. The Hall–Kier alpha value is -4.31. The average molecular weight is 496 g/mol. The van der Waals surface area contributed by atoms with Crippen molar-refractivity contribution in [3.8, 4) is 5.75 Å². The molecular weight excluding hydrogens is 474 g/mol. The molecule has 3 amide bonds. The Balaban J connectivity index is 1.37. The fraction of sp³-hybridized carbons (Fsp3) is 0.167. The van der Waals surface area contributed by atoms with Gasteiger partial charge in [-0.05, 0) is 55.5 Å². The van der Waals surface area contributed by atoms with Gasteiger partial charge in [0.05, 0.1) is 17.3 Å². The zero-order chi connectivity index (χ0) is 24.8. The topological polar surface area (TPSA) is 127 Å². The summed E-state index contributed by atoms with van der Waals surface area (Å²) in [5, 5.41) is 3.08. The number of hydrogen-bond acceptors (Lipinski definition) is 6. The number of amides is 3. The van der Waals surface area contributed by atoms with E-state index in [0.717, 1.165) is 5.52 Å². The van der Waals surface area contributed by atoms with Crippen molar-refractivity contribution < 1.29 is 23.5 Å². The fourth-order valence-electron chi connectivity index (χ4n) is 3.25. The monoisotopic (exact) mass is 495 g/mol. The van der Waals surface area contributed by atoms with Crippen LogP contribution in [-0.2, 0) is 22.7 Å². The lowest BCUT2D eigenvalue weighted by molar-refractivity contribution is -0.130. The van der Waals surface area contributed by atoms with Crippen molar-refractivity contribution >= 4 is 40.4 Å². The number of nitrogens with zero attached hydrogens (tertiary/aromatic N) is 2. The number of hydrazine groups is 1. The van der Waals surface area contributed by atoms with Gasteiger partial charge in [-0.25, -0.2) is 4.98 Å². The number of ether oxygens (including phenoxy) is 1. The van der Waals surface area contributed by atoms with Crippen LogP contribution in [-0.4, -0.2) is 33.3 Å². The van der Waals surface area contributed by atoms with Gasteiger partial charge in [0, 0.05) is 5.02 Å². The molecule has 4 rings (SSSR count). The highest BCUT2D eigenvalue weighted by molar-refractivity contribution is 6.30. The second-order valence-corrected chi connectivity index (χ2v) is 7.99. The van der Waals surface area contributed by atoms with E-state index in [-0.39, 0.29) is 18.9 Å². The first-order chi connectivity index (χ1) is 16.9. The molecule has 180 valence electrons. The molecule has 0 aliphatic heterocycles. The molecule has 1 atom stereocenters. The largest absolute Gasteiger partial charge is 0.486 e. The highest BCUT2D eigenvalue weighted by Crippen LogP contribution is 2.20. The molecule has 35 heavy (non-hydrogen) atoms. The van der Waals surface area contributed by atoms with E-state index in [2.05, 4.69) is 21.2 Å². The van der Waals surface area contributed by atoms with Crippen LogP contribution < -0.4 is 20.9 Å². The maximum absolute atomic E-state index is 12.6. The number of furan rings is 1. The summed E-state index contributed by atoms with van der Waals surface area (Å²) in [6.07, 6.45) is 1.36. The Morgan fingerprint density at radius 1 is 1.06 bits per heavy atom. The smallest absolute Gasteiger partial charge is 0.287 e. The first-order valence-electron chi connectivity index (χ1n) is 10.7. The highest BCUT2D eigenvalue weighted by atomic mass is 35.5. The zero-order valence-electron chi connectivity index (χ0n) is 18.7. The van der Waals surface area contributed by atoms with Gasteiger partial charge in [-0.15, -0.1) is 0 Å². The van der Waals surface area contributed by atoms with Gasteiger partial charge < -0.3 is 19.0 Å². The minimum absolute atomic E-state index is 0.0778. The minimum atomic E-state index is -0.912. The standard InChI is InChI=1S/C24H22ClN5O5/c1-15(26-24(33)20-7-4-12-34-20)23(32)29-28-22(31)13-30-19-6-3-2-5-18(19)27-21(30)14-35-17-10-8-16(25)9-11-17/h2-12,15H,13-14H2,1H3,(H,26,33)(H,28,31)(H,29,32)/t15-/m0/s1. The summed E-state index contributed by atoms with van der Waals surface area (Å²) >= 11 is 5.91. The van der Waals surface area contributed by atoms with E-state index in [4.69, 9.17) is 20.8 Å². The van der Waals surface area contributed by atoms with E-state index >= 15 is 0 Å². The summed E-state index contributed by atoms with van der Waals surface area (Å²) in [6.45, 7) is 1.48. The van der Waals surface area contributed by atoms with Crippen molar-refractivity contribution in [2.75, 3.05) is 0 Å². The molecule has 0 radical (unpaired) electrons. The van der Waals surface area contributed by atoms with E-state index in [1.54, 1.807) is 34.9 Å². The maximum Gasteiger partial charge on any atom is 0.287 e. The Bertz CT molecular complexity index is 1330. The van der Waals surface area contributed by atoms with Crippen LogP contribution in [0.4, 0.5) is 0 Å². The maximum atomic E-state index is 12.6. The number of fused-ring (bicyclic) bond motifs is 1. The number of carbonyl (C=O) groups is 3. The summed E-state index contributed by atoms with van der Waals surface area (Å²) in [7, 11) is 0. The molecule has 0 unspecified atom stereocenters. The molecule has 0 saturated heterocycles. The van der Waals surface area contributed by atoms with Gasteiger partial charge in [0.1, 0.15) is 30.8 Å². The number of aromatic nitrogens is 2. The van der Waals surface area contributed by atoms with Gasteiger partial charge in [-0.3, -0.25) is 25.2 Å². The van der Waals surface area contributed by atoms with Gasteiger partial charge in [-0.1, -0.05) is 23.7 Å². The van der Waals surface area contributed by atoms with Crippen molar-refractivity contribution in [2.45, 2.75) is 26.1 Å². The summed E-state index contributed by atoms with van der Waals surface area (Å²) < 4.78 is 12.5. The quantitative estimate of drug-likeness (QED) is 0.322. The van der Waals surface area contributed by atoms with E-state index in [1.807, 2.05) is 24.3 Å². The summed E-state index contributed by atoms with van der Waals surface area (Å²) in [5.74, 6) is -0.413. The fourth-order valence-corrected chi connectivity index (χ4v) is 3.38. The van der Waals surface area contributed by atoms with E-state index < -0.39 is 23.8 Å². The van der Waals surface area contributed by atoms with Gasteiger partial charge in [0.15, 0.2) is 5.76 Å². The van der Waals surface area contributed by atoms with Crippen LogP contribution in [0.1, 0.15) is 23.3 Å². The van der Waals surface area contributed by atoms with E-state index in [1.165, 1.54) is 19.3 Å². The van der Waals surface area contributed by atoms with Crippen LogP contribution in [0.3, 0.4) is 0 Å². The number of carbonyl (C=O) groups excluding carboxylic acids is 3. The molecule has 2 aromatic carbocycles. The van der Waals surface area contributed by atoms with Crippen LogP contribution in [0.2, 0.25) is 5.02 Å². The molecule has 2 aromatic heterocycles. The number of halogens is 1. The number of hydrogen-bond donors (Lipinski definition) is 3. The number of nitrogens with one attached hydrogen (secondary N) is 3. The first kappa shape index (κ1) is 23.8. The third-order valence-corrected chi connectivity index (χ3v) is 5.28. The Morgan fingerprint density at radius 3 is 2.57 bits per heavy atom. The van der Waals surface area contributed by atoms with E-state index in [9.17, 15) is 14.4 Å². The third kappa shape index (κ3) is 5.98. The predicted molar refractivity (Wildman–Crippen MR) is 127 cm³/mol. The van der Waals surface area contributed by atoms with Gasteiger partial charge in [0.25, 0.3) is 17.7 Å². The van der Waals surface area contributed by atoms with Crippen LogP contribution in [0, 0.1) is 0 Å². The molecule has 0 spiro atoms. The molecule has 0 bridgehead atoms. The van der Waals surface area contributed by atoms with Gasteiger partial charge in [0.2, 0.25) is 0 Å². The second-order valence-electron chi connectivity index (χ2n) is 7.56. The Morgan fingerprint density at radius 2 is 1.83 bits per heavy atom. The number of benzene rings is 2. The number of rotatable bonds is 8. The highest BCUT2D eigenvalue weighted by Gasteiger charge is 2.19. The number of para-hydroxylation sites is 2. The SMILES string of the molecule is C[C@H](NC(=O)c1ccco1)C(=O)NNC(=O)Cn1c(COc2ccc(Cl)cc2)nc2ccccc21. The molecular formula is C24H22ClN5O5. The molecule has 0 aliphatic rings. The Kier molecular flexibility index (Phi) is 7.32. The van der Waals surface area contributed by atoms with Crippen molar-refractivity contribution in [1.82, 2.24) is 25.7 Å². The average Bonchev–Trinajstić information content (AvgIpc) is 3.51. The third-order valence-electron chi connectivity index (χ3n) is 5.03. The van der Waals surface area contributed by atoms with Crippen molar-refractivity contribution in [3.05, 3.63) is 83.5 Å². The summed E-state index contributed by atoms with van der Waals surface area (Å²) in [6, 6.07) is 16.4. The number of imidazole rings is 1. The van der Waals surface area contributed by atoms with Gasteiger partial charge in [-0.2, -0.15) is 0 Å². The van der Waals surface area contributed by atoms with Crippen LogP contribution in [0.5, 0.6) is 5.75 Å². The molecule has 3 N–H and O–H groups in total. The molecule has 10 nitrogen and oxygen atoms in total. The summed E-state index contributed by atoms with van der Waals surface area (Å²) in [4.78, 5) is 41.5. The normalized spacial score (nSPS) is 11.6. The first-order valence-corrected chi connectivity index (χ1v) is 11.0. The molecule has 11 heteroatoms. The van der Waals surface area contributed by atoms with Crippen LogP contribution in [0.25, 0.3) is 11.0 Å². The lowest BCUT2D eigenvalue weighted by Crippen LogP contribution is -2.51. The minimum Gasteiger partial charge on any atom is -0.486 e. The molecule has 0 aliphatic carbocycles. The van der Waals surface area contributed by atoms with Crippen LogP contribution in [0.15, 0.2) is 71.3 Å². The summed E-state index contributed by atoms with van der Waals surface area (Å²) in [5.41, 5.74) is 6.12. The van der Waals surface area contributed by atoms with Crippen LogP contribution >= 0.6 is 11.6 Å². The lowest BCUT2D eigenvalue weighted by Gasteiger charge is -2.15. The predicted octanol–water partition coefficient (Wildman–Crippen LogP) is 2.83. The second kappa shape index (κ2) is 10.7. The molecule has 2 heterocycles. The molecule has 4 aromatic rings. The molecule has 0 fully saturated rings. The van der Waals surface area contributed by atoms with Crippen molar-refractivity contribution in [1.29, 1.82) is 0 Å². The van der Waals surface area contributed by atoms with Gasteiger partial charge >= 0.3 is 0 Å². The molecule has 0 saturated carbocycles. The zero-order valence-corrected chi connectivity index (χ0v) is 19.4. The van der Waals surface area contributed by atoms with Crippen molar-refractivity contribution in [3.63, 3.8) is 0 Å². The van der Waals surface area contributed by atoms with Crippen molar-refractivity contribution in [2.24, 2.45) is 0 Å². The Labute approximate surface area is 205 Å². The van der Waals surface area contributed by atoms with E-state index in [0.29, 0.717) is 22.1 Å².